The summed E-state index contributed by atoms with van der Waals surface area (Å²) in [5.41, 5.74) is 11.9. The highest BCUT2D eigenvalue weighted by atomic mass is 16.4. The summed E-state index contributed by atoms with van der Waals surface area (Å²) >= 11 is 0. The van der Waals surface area contributed by atoms with Crippen molar-refractivity contribution in [1.82, 2.24) is 4.90 Å². The van der Waals surface area contributed by atoms with E-state index in [2.05, 4.69) is 51.5 Å². The molecule has 0 aromatic heterocycles. The Morgan fingerprint density at radius 2 is 1.68 bits per heavy atom. The minimum Gasteiger partial charge on any atom is -0.478 e. The molecule has 0 saturated carbocycles. The van der Waals surface area contributed by atoms with Gasteiger partial charge in [0.25, 0.3) is 0 Å². The highest BCUT2D eigenvalue weighted by molar-refractivity contribution is 5.98. The van der Waals surface area contributed by atoms with Crippen LogP contribution in [-0.2, 0) is 6.54 Å². The molecule has 1 heterocycles. The number of benzene rings is 3. The molecule has 0 radical (unpaired) electrons. The lowest BCUT2D eigenvalue weighted by atomic mass is 9.95. The lowest BCUT2D eigenvalue weighted by Gasteiger charge is -2.18. The molecule has 1 aliphatic rings. The molecule has 6 nitrogen and oxygen atoms in total. The van der Waals surface area contributed by atoms with E-state index in [1.807, 2.05) is 12.1 Å². The van der Waals surface area contributed by atoms with Crippen LogP contribution in [0.15, 0.2) is 70.9 Å². The van der Waals surface area contributed by atoms with E-state index in [4.69, 9.17) is 5.73 Å². The molecular formula is C25H26N4O2. The molecule has 1 aliphatic heterocycles. The van der Waals surface area contributed by atoms with Crippen molar-refractivity contribution >= 4 is 17.3 Å². The molecule has 0 spiro atoms. The highest BCUT2D eigenvalue weighted by Gasteiger charge is 2.17. The molecule has 31 heavy (non-hydrogen) atoms. The summed E-state index contributed by atoms with van der Waals surface area (Å²) in [6.07, 6.45) is 2.55. The number of carboxylic acid groups (broad SMARTS) is 1. The average Bonchev–Trinajstić information content (AvgIpc) is 3.28. The van der Waals surface area contributed by atoms with E-state index in [1.54, 1.807) is 12.1 Å². The second-order valence-electron chi connectivity index (χ2n) is 7.78. The van der Waals surface area contributed by atoms with Crippen molar-refractivity contribution in [3.8, 4) is 22.3 Å². The maximum Gasteiger partial charge on any atom is 0.338 e. The number of nitrogens with two attached hydrogens (primary N) is 1. The summed E-state index contributed by atoms with van der Waals surface area (Å²) in [5, 5.41) is 17.1. The first-order chi connectivity index (χ1) is 15.1. The van der Waals surface area contributed by atoms with Gasteiger partial charge < -0.3 is 10.8 Å². The van der Waals surface area contributed by atoms with Crippen molar-refractivity contribution in [1.29, 1.82) is 0 Å². The smallest absolute Gasteiger partial charge is 0.338 e. The van der Waals surface area contributed by atoms with Crippen molar-refractivity contribution in [2.45, 2.75) is 19.4 Å². The number of carboxylic acids is 1. The Morgan fingerprint density at radius 3 is 2.35 bits per heavy atom. The zero-order valence-corrected chi connectivity index (χ0v) is 17.6. The van der Waals surface area contributed by atoms with Crippen LogP contribution in [0.25, 0.3) is 22.3 Å². The number of hydrogen-bond acceptors (Lipinski definition) is 5. The molecule has 158 valence electrons. The number of nitrogen functional groups attached to an aromatic ring is 1. The molecule has 6 heteroatoms. The third-order valence-electron chi connectivity index (χ3n) is 5.71. The average molecular weight is 415 g/mol. The highest BCUT2D eigenvalue weighted by Crippen LogP contribution is 2.35. The lowest BCUT2D eigenvalue weighted by Crippen LogP contribution is -2.18. The first-order valence-electron chi connectivity index (χ1n) is 10.4. The summed E-state index contributed by atoms with van der Waals surface area (Å²) in [5.74, 6) is -1.08. The summed E-state index contributed by atoms with van der Waals surface area (Å²) in [6, 6.07) is 20.0. The molecule has 3 aromatic rings. The molecule has 4 rings (SSSR count). The molecule has 0 bridgehead atoms. The van der Waals surface area contributed by atoms with Gasteiger partial charge in [0.15, 0.2) is 0 Å². The predicted octanol–water partition coefficient (Wildman–Crippen LogP) is 5.61. The topological polar surface area (TPSA) is 91.3 Å². The van der Waals surface area contributed by atoms with Crippen LogP contribution < -0.4 is 5.73 Å². The van der Waals surface area contributed by atoms with Gasteiger partial charge in [0.1, 0.15) is 5.69 Å². The van der Waals surface area contributed by atoms with Crippen molar-refractivity contribution < 1.29 is 9.90 Å². The quantitative estimate of drug-likeness (QED) is 0.405. The van der Waals surface area contributed by atoms with E-state index in [1.165, 1.54) is 31.0 Å². The van der Waals surface area contributed by atoms with E-state index in [0.717, 1.165) is 36.3 Å². The molecule has 0 aliphatic carbocycles. The van der Waals surface area contributed by atoms with Gasteiger partial charge in [0, 0.05) is 13.6 Å². The van der Waals surface area contributed by atoms with Gasteiger partial charge in [-0.2, -0.15) is 10.2 Å². The Morgan fingerprint density at radius 1 is 1.00 bits per heavy atom. The van der Waals surface area contributed by atoms with Crippen LogP contribution in [0.4, 0.5) is 11.4 Å². The number of nitrogens with zero attached hydrogens (tertiary/aromatic N) is 3. The Labute approximate surface area is 182 Å². The van der Waals surface area contributed by atoms with Gasteiger partial charge in [0.05, 0.1) is 11.3 Å². The molecular weight excluding hydrogens is 388 g/mol. The zero-order chi connectivity index (χ0) is 21.8. The van der Waals surface area contributed by atoms with Crippen LogP contribution in [0.2, 0.25) is 0 Å². The summed E-state index contributed by atoms with van der Waals surface area (Å²) in [6.45, 7) is 3.28. The van der Waals surface area contributed by atoms with Crippen LogP contribution >= 0.6 is 0 Å². The zero-order valence-electron chi connectivity index (χ0n) is 17.6. The number of aromatic carboxylic acids is 1. The SMILES string of the molecule is CN=Nc1c(N)cc(-c2ccc(-c3ccccc3CN3CCCC3)cc2)cc1C(=O)O. The van der Waals surface area contributed by atoms with Gasteiger partial charge in [-0.25, -0.2) is 4.79 Å². The Balaban J connectivity index is 1.66. The summed E-state index contributed by atoms with van der Waals surface area (Å²) in [4.78, 5) is 14.2. The lowest BCUT2D eigenvalue weighted by molar-refractivity contribution is 0.0698. The third-order valence-corrected chi connectivity index (χ3v) is 5.71. The number of carbonyl (C=O) groups is 1. The number of hydrogen-bond donors (Lipinski definition) is 2. The van der Waals surface area contributed by atoms with Crippen LogP contribution in [0.5, 0.6) is 0 Å². The van der Waals surface area contributed by atoms with Gasteiger partial charge in [-0.15, -0.1) is 0 Å². The van der Waals surface area contributed by atoms with Crippen molar-refractivity contribution in [3.05, 3.63) is 71.8 Å². The van der Waals surface area contributed by atoms with E-state index >= 15 is 0 Å². The number of azo groups is 1. The normalized spacial score (nSPS) is 14.4. The summed E-state index contributed by atoms with van der Waals surface area (Å²) in [7, 11) is 1.49. The van der Waals surface area contributed by atoms with Gasteiger partial charge in [-0.3, -0.25) is 4.90 Å². The molecule has 1 fully saturated rings. The molecule has 0 atom stereocenters. The molecule has 0 amide bonds. The number of anilines is 1. The maximum atomic E-state index is 11.7. The second-order valence-corrected chi connectivity index (χ2v) is 7.78. The fourth-order valence-electron chi connectivity index (χ4n) is 4.16. The molecule has 1 saturated heterocycles. The summed E-state index contributed by atoms with van der Waals surface area (Å²) < 4.78 is 0. The monoisotopic (exact) mass is 414 g/mol. The van der Waals surface area contributed by atoms with Crippen molar-refractivity contribution in [3.63, 3.8) is 0 Å². The standard InChI is InChI=1S/C25H26N4O2/c1-27-28-24-22(25(30)31)14-20(15-23(24)26)17-8-10-18(11-9-17)21-7-3-2-6-19(21)16-29-12-4-5-13-29/h2-3,6-11,14-15H,4-5,12-13,16,26H2,1H3,(H,30,31). The van der Waals surface area contributed by atoms with Crippen LogP contribution in [0.3, 0.4) is 0 Å². The largest absolute Gasteiger partial charge is 0.478 e. The number of rotatable bonds is 6. The van der Waals surface area contributed by atoms with Crippen LogP contribution in [0, 0.1) is 0 Å². The van der Waals surface area contributed by atoms with Crippen LogP contribution in [-0.4, -0.2) is 36.1 Å². The van der Waals surface area contributed by atoms with Crippen molar-refractivity contribution in [2.75, 3.05) is 25.9 Å². The molecule has 0 unspecified atom stereocenters. The number of likely N-dealkylation sites (tertiary alicyclic amines) is 1. The fraction of sp³-hybridized carbons (Fsp3) is 0.240. The Bertz CT molecular complexity index is 1120. The van der Waals surface area contributed by atoms with E-state index in [-0.39, 0.29) is 11.3 Å². The predicted molar refractivity (Wildman–Crippen MR) is 124 cm³/mol. The van der Waals surface area contributed by atoms with E-state index < -0.39 is 5.97 Å². The van der Waals surface area contributed by atoms with E-state index in [9.17, 15) is 9.90 Å². The molecule has 3 N–H and O–H groups in total. The van der Waals surface area contributed by atoms with Crippen LogP contribution in [0.1, 0.15) is 28.8 Å². The van der Waals surface area contributed by atoms with Gasteiger partial charge in [-0.1, -0.05) is 48.5 Å². The first-order valence-corrected chi connectivity index (χ1v) is 10.4. The van der Waals surface area contributed by atoms with Gasteiger partial charge in [0.2, 0.25) is 0 Å². The Kier molecular flexibility index (Phi) is 6.09. The minimum atomic E-state index is -1.08. The second kappa shape index (κ2) is 9.10. The van der Waals surface area contributed by atoms with Gasteiger partial charge in [-0.05, 0) is 65.9 Å². The Hall–Kier alpha value is -3.51. The fourth-order valence-corrected chi connectivity index (χ4v) is 4.16. The maximum absolute atomic E-state index is 11.7. The molecule has 3 aromatic carbocycles. The van der Waals surface area contributed by atoms with E-state index in [0.29, 0.717) is 5.69 Å². The van der Waals surface area contributed by atoms with Crippen molar-refractivity contribution in [2.24, 2.45) is 10.2 Å². The third kappa shape index (κ3) is 4.49. The minimum absolute atomic E-state index is 0.0423. The van der Waals surface area contributed by atoms with Gasteiger partial charge >= 0.3 is 5.97 Å². The first kappa shape index (κ1) is 20.8.